The van der Waals surface area contributed by atoms with Crippen LogP contribution < -0.4 is 4.74 Å². The number of hydrogen-bond donors (Lipinski definition) is 0. The Kier molecular flexibility index (Phi) is 7.49. The fourth-order valence-corrected chi connectivity index (χ4v) is 3.30. The maximum absolute atomic E-state index is 12.9. The highest BCUT2D eigenvalue weighted by molar-refractivity contribution is 6.09. The Hall–Kier alpha value is -2.50. The third-order valence-electron chi connectivity index (χ3n) is 4.57. The van der Waals surface area contributed by atoms with Gasteiger partial charge in [0.2, 0.25) is 0 Å². The first kappa shape index (κ1) is 21.8. The largest absolute Gasteiger partial charge is 0.497 e. The molecule has 0 unspecified atom stereocenters. The Labute approximate surface area is 172 Å². The van der Waals surface area contributed by atoms with Crippen molar-refractivity contribution in [1.29, 1.82) is 0 Å². The van der Waals surface area contributed by atoms with Gasteiger partial charge in [-0.3, -0.25) is 0 Å². The van der Waals surface area contributed by atoms with Gasteiger partial charge in [-0.1, -0.05) is 30.3 Å². The fourth-order valence-electron chi connectivity index (χ4n) is 3.30. The minimum absolute atomic E-state index is 0. The summed E-state index contributed by atoms with van der Waals surface area (Å²) in [6.07, 6.45) is 0. The molecule has 0 amide bonds. The summed E-state index contributed by atoms with van der Waals surface area (Å²) in [7, 11) is 5.70. The van der Waals surface area contributed by atoms with Gasteiger partial charge < -0.3 is 18.9 Å². The lowest BCUT2D eigenvalue weighted by atomic mass is 10.0. The molecule has 3 aromatic rings. The van der Waals surface area contributed by atoms with Crippen LogP contribution in [0, 0.1) is 0 Å². The Morgan fingerprint density at radius 1 is 1.11 bits per heavy atom. The smallest absolute Gasteiger partial charge is 0.355 e. The van der Waals surface area contributed by atoms with Crippen molar-refractivity contribution >= 4 is 29.3 Å². The summed E-state index contributed by atoms with van der Waals surface area (Å²) in [5.41, 5.74) is 3.47. The van der Waals surface area contributed by atoms with Crippen molar-refractivity contribution in [1.82, 2.24) is 9.47 Å². The third kappa shape index (κ3) is 4.32. The van der Waals surface area contributed by atoms with Crippen LogP contribution in [-0.2, 0) is 11.3 Å². The second-order valence-corrected chi connectivity index (χ2v) is 6.65. The van der Waals surface area contributed by atoms with E-state index in [1.54, 1.807) is 7.11 Å². The van der Waals surface area contributed by atoms with Crippen LogP contribution in [0.1, 0.15) is 17.4 Å². The Morgan fingerprint density at radius 2 is 1.82 bits per heavy atom. The molecule has 0 aliphatic heterocycles. The predicted molar refractivity (Wildman–Crippen MR) is 116 cm³/mol. The number of esters is 1. The van der Waals surface area contributed by atoms with Gasteiger partial charge in [-0.2, -0.15) is 0 Å². The summed E-state index contributed by atoms with van der Waals surface area (Å²) in [5, 5.41) is 0.988. The lowest BCUT2D eigenvalue weighted by Gasteiger charge is -2.14. The summed E-state index contributed by atoms with van der Waals surface area (Å²) >= 11 is 0. The molecule has 5 nitrogen and oxygen atoms in total. The summed E-state index contributed by atoms with van der Waals surface area (Å²) in [6, 6.07) is 15.9. The lowest BCUT2D eigenvalue weighted by molar-refractivity contribution is 0.0515. The van der Waals surface area contributed by atoms with Crippen LogP contribution >= 0.6 is 12.4 Å². The van der Waals surface area contributed by atoms with Gasteiger partial charge in [0.25, 0.3) is 0 Å². The topological polar surface area (TPSA) is 43.7 Å². The summed E-state index contributed by atoms with van der Waals surface area (Å²) in [4.78, 5) is 15.0. The molecule has 28 heavy (non-hydrogen) atoms. The number of halogens is 1. The molecule has 0 spiro atoms. The minimum Gasteiger partial charge on any atom is -0.497 e. The zero-order valence-electron chi connectivity index (χ0n) is 16.8. The van der Waals surface area contributed by atoms with Gasteiger partial charge in [-0.15, -0.1) is 12.4 Å². The third-order valence-corrected chi connectivity index (χ3v) is 4.57. The molecular formula is C22H27ClN2O3. The Bertz CT molecular complexity index is 936. The van der Waals surface area contributed by atoms with E-state index in [0.717, 1.165) is 34.3 Å². The molecular weight excluding hydrogens is 376 g/mol. The van der Waals surface area contributed by atoms with Crippen molar-refractivity contribution in [2.24, 2.45) is 0 Å². The number of carbonyl (C=O) groups excluding carboxylic acids is 1. The van der Waals surface area contributed by atoms with Crippen LogP contribution in [0.15, 0.2) is 48.5 Å². The molecule has 2 aromatic carbocycles. The zero-order valence-corrected chi connectivity index (χ0v) is 17.6. The second kappa shape index (κ2) is 9.62. The molecule has 0 aliphatic rings. The van der Waals surface area contributed by atoms with Crippen molar-refractivity contribution in [3.63, 3.8) is 0 Å². The van der Waals surface area contributed by atoms with Crippen LogP contribution in [0.4, 0.5) is 0 Å². The van der Waals surface area contributed by atoms with E-state index < -0.39 is 0 Å². The number of fused-ring (bicyclic) bond motifs is 1. The highest BCUT2D eigenvalue weighted by Crippen LogP contribution is 2.37. The van der Waals surface area contributed by atoms with Crippen molar-refractivity contribution in [3.05, 3.63) is 54.2 Å². The summed E-state index contributed by atoms with van der Waals surface area (Å²) < 4.78 is 12.9. The van der Waals surface area contributed by atoms with Crippen LogP contribution in [-0.4, -0.2) is 49.8 Å². The first-order valence-electron chi connectivity index (χ1n) is 9.14. The molecule has 0 bridgehead atoms. The quantitative estimate of drug-likeness (QED) is 0.546. The summed E-state index contributed by atoms with van der Waals surface area (Å²) in [5.74, 6) is 0.463. The highest BCUT2D eigenvalue weighted by Gasteiger charge is 2.25. The average molecular weight is 403 g/mol. The SMILES string of the molecule is CCOC(=O)c1c(-c2ccccc2)c2cc(OC)ccc2n1CCN(C)C.Cl. The van der Waals surface area contributed by atoms with E-state index in [0.29, 0.717) is 18.8 Å². The molecule has 1 aromatic heterocycles. The maximum atomic E-state index is 12.9. The number of benzene rings is 2. The number of methoxy groups -OCH3 is 1. The fraction of sp³-hybridized carbons (Fsp3) is 0.318. The number of likely N-dealkylation sites (N-methyl/N-ethyl adjacent to an activating group) is 1. The van der Waals surface area contributed by atoms with Crippen LogP contribution in [0.3, 0.4) is 0 Å². The van der Waals surface area contributed by atoms with Crippen molar-refractivity contribution in [2.45, 2.75) is 13.5 Å². The van der Waals surface area contributed by atoms with E-state index in [1.807, 2.05) is 69.6 Å². The number of nitrogens with zero attached hydrogens (tertiary/aromatic N) is 2. The van der Waals surface area contributed by atoms with Crippen molar-refractivity contribution in [3.8, 4) is 16.9 Å². The number of ether oxygens (including phenoxy) is 2. The predicted octanol–water partition coefficient (Wildman–Crippen LogP) is 4.48. The number of carbonyl (C=O) groups is 1. The molecule has 0 fully saturated rings. The van der Waals surface area contributed by atoms with Crippen LogP contribution in [0.5, 0.6) is 5.75 Å². The van der Waals surface area contributed by atoms with E-state index in [2.05, 4.69) is 9.47 Å². The molecule has 0 atom stereocenters. The second-order valence-electron chi connectivity index (χ2n) is 6.65. The number of rotatable bonds is 7. The first-order chi connectivity index (χ1) is 13.1. The number of hydrogen-bond acceptors (Lipinski definition) is 4. The number of aromatic nitrogens is 1. The molecule has 150 valence electrons. The Morgan fingerprint density at radius 3 is 2.43 bits per heavy atom. The van der Waals surface area contributed by atoms with E-state index in [1.165, 1.54) is 0 Å². The highest BCUT2D eigenvalue weighted by atomic mass is 35.5. The van der Waals surface area contributed by atoms with Gasteiger partial charge in [0, 0.05) is 29.6 Å². The summed E-state index contributed by atoms with van der Waals surface area (Å²) in [6.45, 7) is 3.68. The molecule has 3 rings (SSSR count). The lowest BCUT2D eigenvalue weighted by Crippen LogP contribution is -2.21. The first-order valence-corrected chi connectivity index (χ1v) is 9.14. The molecule has 1 heterocycles. The van der Waals surface area contributed by atoms with Crippen LogP contribution in [0.2, 0.25) is 0 Å². The van der Waals surface area contributed by atoms with Gasteiger partial charge in [-0.25, -0.2) is 4.79 Å². The van der Waals surface area contributed by atoms with Gasteiger partial charge >= 0.3 is 5.97 Å². The molecule has 0 saturated carbocycles. The molecule has 0 radical (unpaired) electrons. The van der Waals surface area contributed by atoms with Crippen molar-refractivity contribution in [2.75, 3.05) is 34.4 Å². The standard InChI is InChI=1S/C22H26N2O3.ClH/c1-5-27-22(25)21-20(16-9-7-6-8-10-16)18-15-17(26-4)11-12-19(18)24(21)14-13-23(2)3;/h6-12,15H,5,13-14H2,1-4H3;1H. The zero-order chi connectivity index (χ0) is 19.4. The maximum Gasteiger partial charge on any atom is 0.355 e. The van der Waals surface area contributed by atoms with Crippen molar-refractivity contribution < 1.29 is 14.3 Å². The van der Waals surface area contributed by atoms with Crippen LogP contribution in [0.25, 0.3) is 22.0 Å². The normalized spacial score (nSPS) is 10.8. The molecule has 0 aliphatic carbocycles. The van der Waals surface area contributed by atoms with Gasteiger partial charge in [0.1, 0.15) is 11.4 Å². The molecule has 0 N–H and O–H groups in total. The Balaban J connectivity index is 0.00000280. The van der Waals surface area contributed by atoms with E-state index >= 15 is 0 Å². The van der Waals surface area contributed by atoms with E-state index in [-0.39, 0.29) is 18.4 Å². The average Bonchev–Trinajstić information content (AvgIpc) is 3.00. The molecule has 0 saturated heterocycles. The minimum atomic E-state index is -0.301. The molecule has 6 heteroatoms. The van der Waals surface area contributed by atoms with Gasteiger partial charge in [0.15, 0.2) is 0 Å². The van der Waals surface area contributed by atoms with Gasteiger partial charge in [-0.05, 0) is 44.8 Å². The van der Waals surface area contributed by atoms with Gasteiger partial charge in [0.05, 0.1) is 13.7 Å². The van der Waals surface area contributed by atoms with E-state index in [4.69, 9.17) is 9.47 Å². The monoisotopic (exact) mass is 402 g/mol. The van der Waals surface area contributed by atoms with E-state index in [9.17, 15) is 4.79 Å².